The van der Waals surface area contributed by atoms with Crippen LogP contribution in [0.15, 0.2) is 0 Å². The summed E-state index contributed by atoms with van der Waals surface area (Å²) in [6.07, 6.45) is 4.50. The summed E-state index contributed by atoms with van der Waals surface area (Å²) in [5.41, 5.74) is 0. The first-order chi connectivity index (χ1) is 9.43. The zero-order chi connectivity index (χ0) is 15.5. The molecule has 0 aliphatic heterocycles. The summed E-state index contributed by atoms with van der Waals surface area (Å²) in [4.78, 5) is 23.0. The molecule has 0 saturated heterocycles. The summed E-state index contributed by atoms with van der Waals surface area (Å²) in [5.74, 6) is -1.86. The molecule has 118 valence electrons. The first-order valence-electron chi connectivity index (χ1n) is 7.39. The van der Waals surface area contributed by atoms with E-state index in [4.69, 9.17) is 4.74 Å². The van der Waals surface area contributed by atoms with Crippen molar-refractivity contribution in [2.45, 2.75) is 52.9 Å². The lowest BCUT2D eigenvalue weighted by molar-refractivity contribution is -0.150. The number of aliphatic carboxylic acids is 1. The molecule has 3 atom stereocenters. The number of esters is 1. The molecule has 0 amide bonds. The van der Waals surface area contributed by atoms with E-state index in [1.807, 2.05) is 6.92 Å². The van der Waals surface area contributed by atoms with Crippen molar-refractivity contribution in [3.05, 3.63) is 0 Å². The number of alkyl halides is 1. The molecule has 5 heteroatoms. The van der Waals surface area contributed by atoms with Crippen molar-refractivity contribution in [2.24, 2.45) is 17.8 Å². The summed E-state index contributed by atoms with van der Waals surface area (Å²) in [5, 5.41) is 10.3. The summed E-state index contributed by atoms with van der Waals surface area (Å²) in [6, 6.07) is 0. The molecule has 0 aliphatic carbocycles. The van der Waals surface area contributed by atoms with Gasteiger partial charge in [0.05, 0.1) is 18.4 Å². The third kappa shape index (κ3) is 7.88. The van der Waals surface area contributed by atoms with Gasteiger partial charge in [-0.25, -0.2) is 0 Å². The van der Waals surface area contributed by atoms with Crippen LogP contribution in [0.2, 0.25) is 0 Å². The summed E-state index contributed by atoms with van der Waals surface area (Å²) >= 11 is 3.39. The number of ether oxygens (including phenoxy) is 1. The minimum absolute atomic E-state index is 0.0831. The van der Waals surface area contributed by atoms with Crippen LogP contribution in [0.25, 0.3) is 0 Å². The maximum absolute atomic E-state index is 11.6. The monoisotopic (exact) mass is 350 g/mol. The predicted molar refractivity (Wildman–Crippen MR) is 83.0 cm³/mol. The Kier molecular flexibility index (Phi) is 10.8. The van der Waals surface area contributed by atoms with Crippen LogP contribution in [-0.2, 0) is 14.3 Å². The number of halogens is 1. The number of carboxylic acids is 1. The van der Waals surface area contributed by atoms with Gasteiger partial charge in [-0.05, 0) is 32.1 Å². The molecule has 4 nitrogen and oxygen atoms in total. The number of carbonyl (C=O) groups excluding carboxylic acids is 1. The average molecular weight is 351 g/mol. The van der Waals surface area contributed by atoms with Crippen LogP contribution in [0.3, 0.4) is 0 Å². The summed E-state index contributed by atoms with van der Waals surface area (Å²) in [6.45, 7) is 5.80. The van der Waals surface area contributed by atoms with E-state index in [9.17, 15) is 14.7 Å². The largest absolute Gasteiger partial charge is 0.481 e. The fraction of sp³-hybridized carbons (Fsp3) is 0.867. The molecular weight excluding hydrogens is 324 g/mol. The molecule has 0 heterocycles. The molecular formula is C15H27BrO4. The number of hydrogen-bond donors (Lipinski definition) is 1. The van der Waals surface area contributed by atoms with E-state index < -0.39 is 11.9 Å². The van der Waals surface area contributed by atoms with Crippen molar-refractivity contribution in [3.8, 4) is 0 Å². The van der Waals surface area contributed by atoms with E-state index in [1.54, 1.807) is 13.8 Å². The maximum atomic E-state index is 11.6. The zero-order valence-electron chi connectivity index (χ0n) is 12.7. The molecule has 0 radical (unpaired) electrons. The Bertz CT molecular complexity index is 294. The Labute approximate surface area is 130 Å². The number of carbonyl (C=O) groups is 2. The van der Waals surface area contributed by atoms with E-state index >= 15 is 0 Å². The topological polar surface area (TPSA) is 63.6 Å². The Morgan fingerprint density at radius 3 is 2.35 bits per heavy atom. The minimum Gasteiger partial charge on any atom is -0.481 e. The highest BCUT2D eigenvalue weighted by molar-refractivity contribution is 9.09. The van der Waals surface area contributed by atoms with Crippen LogP contribution >= 0.6 is 15.9 Å². The normalized spacial score (nSPS) is 15.4. The van der Waals surface area contributed by atoms with Gasteiger partial charge < -0.3 is 9.84 Å². The van der Waals surface area contributed by atoms with Gasteiger partial charge in [0, 0.05) is 5.33 Å². The smallest absolute Gasteiger partial charge is 0.308 e. The second-order valence-corrected chi connectivity index (χ2v) is 6.14. The number of rotatable bonds is 11. The van der Waals surface area contributed by atoms with E-state index in [1.165, 1.54) is 0 Å². The van der Waals surface area contributed by atoms with Crippen molar-refractivity contribution in [3.63, 3.8) is 0 Å². The second-order valence-electron chi connectivity index (χ2n) is 5.35. The van der Waals surface area contributed by atoms with Crippen LogP contribution in [0, 0.1) is 17.8 Å². The Morgan fingerprint density at radius 1 is 1.20 bits per heavy atom. The lowest BCUT2D eigenvalue weighted by atomic mass is 9.83. The van der Waals surface area contributed by atoms with E-state index in [0.29, 0.717) is 13.0 Å². The second kappa shape index (κ2) is 11.1. The average Bonchev–Trinajstić information content (AvgIpc) is 2.40. The van der Waals surface area contributed by atoms with Crippen molar-refractivity contribution < 1.29 is 19.4 Å². The van der Waals surface area contributed by atoms with E-state index in [2.05, 4.69) is 15.9 Å². The van der Waals surface area contributed by atoms with Crippen LogP contribution in [0.4, 0.5) is 0 Å². The highest BCUT2D eigenvalue weighted by atomic mass is 79.9. The van der Waals surface area contributed by atoms with Crippen molar-refractivity contribution >= 4 is 27.9 Å². The Morgan fingerprint density at radius 2 is 1.85 bits per heavy atom. The molecule has 0 aromatic carbocycles. The van der Waals surface area contributed by atoms with Gasteiger partial charge in [0.15, 0.2) is 0 Å². The molecule has 0 spiro atoms. The van der Waals surface area contributed by atoms with Crippen LogP contribution in [0.1, 0.15) is 52.9 Å². The molecule has 3 unspecified atom stereocenters. The van der Waals surface area contributed by atoms with Gasteiger partial charge in [0.1, 0.15) is 0 Å². The van der Waals surface area contributed by atoms with Crippen molar-refractivity contribution in [1.82, 2.24) is 0 Å². The zero-order valence-corrected chi connectivity index (χ0v) is 14.3. The number of hydrogen-bond acceptors (Lipinski definition) is 3. The van der Waals surface area contributed by atoms with Gasteiger partial charge >= 0.3 is 11.9 Å². The molecule has 0 rings (SSSR count). The third-order valence-electron chi connectivity index (χ3n) is 3.59. The van der Waals surface area contributed by atoms with Gasteiger partial charge in [-0.1, -0.05) is 42.6 Å². The lowest BCUT2D eigenvalue weighted by Crippen LogP contribution is -2.27. The third-order valence-corrected chi connectivity index (χ3v) is 4.15. The molecule has 0 aromatic rings. The predicted octanol–water partition coefficient (Wildman–Crippen LogP) is 3.87. The number of carboxylic acid groups (broad SMARTS) is 1. The fourth-order valence-electron chi connectivity index (χ4n) is 2.28. The standard InChI is InChI=1S/C15H27BrO4/c1-4-20-15(19)12(3)10-13(14(17)18)11(2)8-6-5-7-9-16/h11-13H,4-10H2,1-3H3,(H,17,18). The first kappa shape index (κ1) is 19.4. The van der Waals surface area contributed by atoms with Gasteiger partial charge in [0.25, 0.3) is 0 Å². The maximum Gasteiger partial charge on any atom is 0.308 e. The molecule has 0 saturated carbocycles. The van der Waals surface area contributed by atoms with Crippen molar-refractivity contribution in [2.75, 3.05) is 11.9 Å². The molecule has 0 aliphatic rings. The van der Waals surface area contributed by atoms with Gasteiger partial charge in [-0.3, -0.25) is 9.59 Å². The summed E-state index contributed by atoms with van der Waals surface area (Å²) < 4.78 is 4.94. The molecule has 0 aromatic heterocycles. The minimum atomic E-state index is -0.811. The van der Waals surface area contributed by atoms with Crippen LogP contribution in [-0.4, -0.2) is 29.0 Å². The highest BCUT2D eigenvalue weighted by Crippen LogP contribution is 2.26. The highest BCUT2D eigenvalue weighted by Gasteiger charge is 2.29. The number of unbranched alkanes of at least 4 members (excludes halogenated alkanes) is 2. The fourth-order valence-corrected chi connectivity index (χ4v) is 2.67. The van der Waals surface area contributed by atoms with E-state index in [-0.39, 0.29) is 17.8 Å². The van der Waals surface area contributed by atoms with E-state index in [0.717, 1.165) is 31.0 Å². The first-order valence-corrected chi connectivity index (χ1v) is 8.51. The lowest BCUT2D eigenvalue weighted by Gasteiger charge is -2.22. The Balaban J connectivity index is 4.33. The van der Waals surface area contributed by atoms with Crippen LogP contribution in [0.5, 0.6) is 0 Å². The quantitative estimate of drug-likeness (QED) is 0.349. The van der Waals surface area contributed by atoms with Gasteiger partial charge in [-0.2, -0.15) is 0 Å². The van der Waals surface area contributed by atoms with Gasteiger partial charge in [0.2, 0.25) is 0 Å². The van der Waals surface area contributed by atoms with Crippen LogP contribution < -0.4 is 0 Å². The molecule has 0 fully saturated rings. The molecule has 20 heavy (non-hydrogen) atoms. The SMILES string of the molecule is CCOC(=O)C(C)CC(C(=O)O)C(C)CCCCCBr. The molecule has 1 N–H and O–H groups in total. The Hall–Kier alpha value is -0.580. The summed E-state index contributed by atoms with van der Waals surface area (Å²) in [7, 11) is 0. The molecule has 0 bridgehead atoms. The van der Waals surface area contributed by atoms with Gasteiger partial charge in [-0.15, -0.1) is 0 Å². The van der Waals surface area contributed by atoms with Crippen molar-refractivity contribution in [1.29, 1.82) is 0 Å².